The van der Waals surface area contributed by atoms with Gasteiger partial charge >= 0.3 is 6.03 Å². The van der Waals surface area contributed by atoms with Crippen molar-refractivity contribution in [1.82, 2.24) is 10.2 Å². The zero-order valence-corrected chi connectivity index (χ0v) is 5.00. The highest BCUT2D eigenvalue weighted by Crippen LogP contribution is 2.13. The van der Waals surface area contributed by atoms with Gasteiger partial charge in [0.25, 0.3) is 0 Å². The summed E-state index contributed by atoms with van der Waals surface area (Å²) in [5, 5.41) is 2.76. The van der Waals surface area contributed by atoms with Gasteiger partial charge < -0.3 is 10.2 Å². The van der Waals surface area contributed by atoms with Gasteiger partial charge in [0.15, 0.2) is 0 Å². The quantitative estimate of drug-likeness (QED) is 0.451. The summed E-state index contributed by atoms with van der Waals surface area (Å²) in [4.78, 5) is 12.6. The van der Waals surface area contributed by atoms with Gasteiger partial charge in [-0.2, -0.15) is 0 Å². The second kappa shape index (κ2) is 1.50. The van der Waals surface area contributed by atoms with Gasteiger partial charge in [-0.3, -0.25) is 0 Å². The Kier molecular flexibility index (Phi) is 0.806. The SMILES string of the molecule is O=C1NCC2C=CCN12. The molecule has 2 amide bonds. The smallest absolute Gasteiger partial charge is 0.318 e. The van der Waals surface area contributed by atoms with Crippen LogP contribution in [0.5, 0.6) is 0 Å². The Labute approximate surface area is 53.3 Å². The highest BCUT2D eigenvalue weighted by molar-refractivity contribution is 5.78. The molecule has 1 fully saturated rings. The molecule has 3 heteroatoms. The molecule has 0 radical (unpaired) electrons. The van der Waals surface area contributed by atoms with Crippen molar-refractivity contribution in [2.75, 3.05) is 13.1 Å². The number of nitrogens with one attached hydrogen (secondary N) is 1. The van der Waals surface area contributed by atoms with Crippen LogP contribution in [0.4, 0.5) is 4.79 Å². The third-order valence-electron chi connectivity index (χ3n) is 1.78. The number of hydrogen-bond donors (Lipinski definition) is 1. The molecule has 9 heavy (non-hydrogen) atoms. The number of fused-ring (bicyclic) bond motifs is 1. The molecule has 0 aromatic heterocycles. The standard InChI is InChI=1S/C6H8N2O/c9-6-7-4-5-2-1-3-8(5)6/h1-2,5H,3-4H2,(H,7,9). The molecule has 0 aromatic rings. The van der Waals surface area contributed by atoms with E-state index >= 15 is 0 Å². The van der Waals surface area contributed by atoms with Crippen molar-refractivity contribution in [3.05, 3.63) is 12.2 Å². The molecule has 2 aliphatic rings. The van der Waals surface area contributed by atoms with Crippen LogP contribution in [0.15, 0.2) is 12.2 Å². The predicted molar refractivity (Wildman–Crippen MR) is 33.0 cm³/mol. The van der Waals surface area contributed by atoms with E-state index in [1.165, 1.54) is 0 Å². The molecule has 2 aliphatic heterocycles. The first kappa shape index (κ1) is 4.85. The molecule has 0 aliphatic carbocycles. The van der Waals surface area contributed by atoms with Crippen LogP contribution in [0.25, 0.3) is 0 Å². The highest BCUT2D eigenvalue weighted by Gasteiger charge is 2.30. The number of carbonyl (C=O) groups is 1. The Morgan fingerprint density at radius 2 is 2.67 bits per heavy atom. The number of urea groups is 1. The summed E-state index contributed by atoms with van der Waals surface area (Å²) < 4.78 is 0. The lowest BCUT2D eigenvalue weighted by atomic mass is 10.3. The van der Waals surface area contributed by atoms with E-state index in [0.29, 0.717) is 6.04 Å². The van der Waals surface area contributed by atoms with Crippen molar-refractivity contribution >= 4 is 6.03 Å². The van der Waals surface area contributed by atoms with E-state index < -0.39 is 0 Å². The number of carbonyl (C=O) groups excluding carboxylic acids is 1. The van der Waals surface area contributed by atoms with E-state index in [1.807, 2.05) is 11.0 Å². The third kappa shape index (κ3) is 0.542. The lowest BCUT2D eigenvalue weighted by Gasteiger charge is -2.10. The van der Waals surface area contributed by atoms with Gasteiger partial charge in [0.1, 0.15) is 0 Å². The molecule has 48 valence electrons. The van der Waals surface area contributed by atoms with E-state index in [0.717, 1.165) is 13.1 Å². The second-order valence-corrected chi connectivity index (χ2v) is 2.33. The molecule has 2 rings (SSSR count). The molecular formula is C6H8N2O. The lowest BCUT2D eigenvalue weighted by molar-refractivity contribution is 0.219. The first-order chi connectivity index (χ1) is 4.38. The Bertz CT molecular complexity index is 176. The zero-order chi connectivity index (χ0) is 6.27. The fraction of sp³-hybridized carbons (Fsp3) is 0.500. The predicted octanol–water partition coefficient (Wildman–Crippen LogP) is -0.0500. The fourth-order valence-corrected chi connectivity index (χ4v) is 1.28. The monoisotopic (exact) mass is 124 g/mol. The molecule has 0 aromatic carbocycles. The Morgan fingerprint density at radius 3 is 3.44 bits per heavy atom. The molecule has 2 heterocycles. The highest BCUT2D eigenvalue weighted by atomic mass is 16.2. The number of hydrogen-bond acceptors (Lipinski definition) is 1. The summed E-state index contributed by atoms with van der Waals surface area (Å²) in [5.74, 6) is 0. The van der Waals surface area contributed by atoms with Crippen LogP contribution in [-0.4, -0.2) is 30.1 Å². The van der Waals surface area contributed by atoms with Crippen LogP contribution >= 0.6 is 0 Å². The first-order valence-electron chi connectivity index (χ1n) is 3.09. The Morgan fingerprint density at radius 1 is 1.78 bits per heavy atom. The number of nitrogens with zero attached hydrogens (tertiary/aromatic N) is 1. The molecule has 1 atom stereocenters. The van der Waals surface area contributed by atoms with Crippen molar-refractivity contribution in [3.63, 3.8) is 0 Å². The fourth-order valence-electron chi connectivity index (χ4n) is 1.28. The minimum atomic E-state index is 0.0741. The summed E-state index contributed by atoms with van der Waals surface area (Å²) in [5.41, 5.74) is 0. The number of amides is 2. The van der Waals surface area contributed by atoms with E-state index in [-0.39, 0.29) is 6.03 Å². The van der Waals surface area contributed by atoms with Crippen LogP contribution in [0.2, 0.25) is 0 Å². The maximum absolute atomic E-state index is 10.8. The molecule has 0 spiro atoms. The lowest BCUT2D eigenvalue weighted by Crippen LogP contribution is -2.29. The minimum Gasteiger partial charge on any atom is -0.336 e. The molecule has 0 saturated carbocycles. The van der Waals surface area contributed by atoms with Gasteiger partial charge in [-0.1, -0.05) is 12.2 Å². The van der Waals surface area contributed by atoms with Crippen molar-refractivity contribution in [2.24, 2.45) is 0 Å². The molecule has 3 nitrogen and oxygen atoms in total. The average Bonchev–Trinajstić information content (AvgIpc) is 2.35. The first-order valence-corrected chi connectivity index (χ1v) is 3.09. The maximum Gasteiger partial charge on any atom is 0.318 e. The van der Waals surface area contributed by atoms with Gasteiger partial charge in [-0.25, -0.2) is 4.79 Å². The summed E-state index contributed by atoms with van der Waals surface area (Å²) in [7, 11) is 0. The molecule has 1 unspecified atom stereocenters. The van der Waals surface area contributed by atoms with Crippen LogP contribution in [0, 0.1) is 0 Å². The van der Waals surface area contributed by atoms with E-state index in [4.69, 9.17) is 0 Å². The molecule has 1 N–H and O–H groups in total. The van der Waals surface area contributed by atoms with Crippen LogP contribution < -0.4 is 5.32 Å². The van der Waals surface area contributed by atoms with Crippen LogP contribution in [0.1, 0.15) is 0 Å². The van der Waals surface area contributed by atoms with E-state index in [9.17, 15) is 4.79 Å². The minimum absolute atomic E-state index is 0.0741. The molecule has 1 saturated heterocycles. The van der Waals surface area contributed by atoms with Crippen molar-refractivity contribution in [2.45, 2.75) is 6.04 Å². The van der Waals surface area contributed by atoms with Gasteiger partial charge in [0.2, 0.25) is 0 Å². The van der Waals surface area contributed by atoms with Gasteiger partial charge in [-0.15, -0.1) is 0 Å². The summed E-state index contributed by atoms with van der Waals surface area (Å²) in [6.07, 6.45) is 4.10. The van der Waals surface area contributed by atoms with Crippen molar-refractivity contribution in [3.8, 4) is 0 Å². The zero-order valence-electron chi connectivity index (χ0n) is 5.00. The summed E-state index contributed by atoms with van der Waals surface area (Å²) in [6.45, 7) is 1.58. The third-order valence-corrected chi connectivity index (χ3v) is 1.78. The normalized spacial score (nSPS) is 30.9. The number of rotatable bonds is 0. The van der Waals surface area contributed by atoms with Crippen LogP contribution in [0.3, 0.4) is 0 Å². The second-order valence-electron chi connectivity index (χ2n) is 2.33. The topological polar surface area (TPSA) is 32.3 Å². The molecule has 0 bridgehead atoms. The molecular weight excluding hydrogens is 116 g/mol. The van der Waals surface area contributed by atoms with Crippen molar-refractivity contribution < 1.29 is 4.79 Å². The Hall–Kier alpha value is -0.990. The van der Waals surface area contributed by atoms with E-state index in [1.54, 1.807) is 0 Å². The van der Waals surface area contributed by atoms with Gasteiger partial charge in [0.05, 0.1) is 6.04 Å². The Balaban J connectivity index is 2.22. The summed E-state index contributed by atoms with van der Waals surface area (Å²) >= 11 is 0. The summed E-state index contributed by atoms with van der Waals surface area (Å²) in [6, 6.07) is 0.419. The largest absolute Gasteiger partial charge is 0.336 e. The van der Waals surface area contributed by atoms with E-state index in [2.05, 4.69) is 11.4 Å². The maximum atomic E-state index is 10.8. The van der Waals surface area contributed by atoms with Gasteiger partial charge in [0, 0.05) is 13.1 Å². The van der Waals surface area contributed by atoms with Crippen molar-refractivity contribution in [1.29, 1.82) is 0 Å². The van der Waals surface area contributed by atoms with Crippen LogP contribution in [-0.2, 0) is 0 Å². The average molecular weight is 124 g/mol. The van der Waals surface area contributed by atoms with Gasteiger partial charge in [-0.05, 0) is 0 Å².